The summed E-state index contributed by atoms with van der Waals surface area (Å²) in [5, 5.41) is -0.894. The number of anilines is 1. The zero-order valence-corrected chi connectivity index (χ0v) is 12.1. The first kappa shape index (κ1) is 13.6. The van der Waals surface area contributed by atoms with Crippen molar-refractivity contribution >= 4 is 20.8 Å². The standard InChI is InChI=1S/C15H13NO4S/c1-20-13-8-4-2-6-11(13)10-16-12-7-3-5-9-14(12)21(18,19)15(16)17/h2-9H,10H2,1H3. The van der Waals surface area contributed by atoms with Crippen LogP contribution in [0.2, 0.25) is 0 Å². The van der Waals surface area contributed by atoms with E-state index in [0.717, 1.165) is 5.56 Å². The Hall–Kier alpha value is -2.34. The van der Waals surface area contributed by atoms with Crippen LogP contribution in [-0.4, -0.2) is 20.8 Å². The van der Waals surface area contributed by atoms with Gasteiger partial charge in [-0.05, 0) is 18.2 Å². The number of fused-ring (bicyclic) bond motifs is 1. The van der Waals surface area contributed by atoms with E-state index in [1.54, 1.807) is 30.3 Å². The third kappa shape index (κ3) is 2.08. The minimum absolute atomic E-state index is 0.0601. The van der Waals surface area contributed by atoms with Crippen molar-refractivity contribution in [3.63, 3.8) is 0 Å². The van der Waals surface area contributed by atoms with E-state index in [2.05, 4.69) is 0 Å². The summed E-state index contributed by atoms with van der Waals surface area (Å²) in [7, 11) is -2.39. The second-order valence-corrected chi connectivity index (χ2v) is 6.43. The Balaban J connectivity index is 2.06. The average molecular weight is 303 g/mol. The van der Waals surface area contributed by atoms with Crippen molar-refractivity contribution < 1.29 is 17.9 Å². The molecule has 0 unspecified atom stereocenters. The fourth-order valence-corrected chi connectivity index (χ4v) is 3.75. The summed E-state index contributed by atoms with van der Waals surface area (Å²) >= 11 is 0. The Labute approximate surface area is 122 Å². The van der Waals surface area contributed by atoms with Gasteiger partial charge in [-0.2, -0.15) is 0 Å². The highest BCUT2D eigenvalue weighted by Crippen LogP contribution is 2.37. The molecule has 0 aromatic heterocycles. The lowest BCUT2D eigenvalue weighted by molar-refractivity contribution is 0.263. The quantitative estimate of drug-likeness (QED) is 0.874. The lowest BCUT2D eigenvalue weighted by Crippen LogP contribution is -2.28. The Morgan fingerprint density at radius 2 is 1.71 bits per heavy atom. The van der Waals surface area contributed by atoms with Gasteiger partial charge < -0.3 is 4.74 Å². The smallest absolute Gasteiger partial charge is 0.348 e. The van der Waals surface area contributed by atoms with Crippen LogP contribution in [0.25, 0.3) is 0 Å². The molecule has 1 aliphatic rings. The SMILES string of the molecule is COc1ccccc1CN1C(=O)S(=O)(=O)c2ccccc21. The Kier molecular flexibility index (Phi) is 3.17. The van der Waals surface area contributed by atoms with Gasteiger partial charge in [0.15, 0.2) is 0 Å². The predicted octanol–water partition coefficient (Wildman–Crippen LogP) is 2.61. The zero-order chi connectivity index (χ0) is 15.0. The fourth-order valence-electron chi connectivity index (χ4n) is 2.40. The van der Waals surface area contributed by atoms with Gasteiger partial charge in [-0.3, -0.25) is 9.69 Å². The summed E-state index contributed by atoms with van der Waals surface area (Å²) in [6.07, 6.45) is 0. The molecule has 0 saturated heterocycles. The molecule has 1 heterocycles. The van der Waals surface area contributed by atoms with Gasteiger partial charge in [-0.1, -0.05) is 30.3 Å². The first-order valence-corrected chi connectivity index (χ1v) is 7.81. The van der Waals surface area contributed by atoms with E-state index in [0.29, 0.717) is 11.4 Å². The van der Waals surface area contributed by atoms with Crippen LogP contribution in [0.15, 0.2) is 53.4 Å². The van der Waals surface area contributed by atoms with Crippen molar-refractivity contribution in [2.75, 3.05) is 12.0 Å². The number of benzene rings is 2. The molecule has 0 fully saturated rings. The van der Waals surface area contributed by atoms with Crippen molar-refractivity contribution in [2.45, 2.75) is 11.4 Å². The molecule has 2 aromatic rings. The summed E-state index contributed by atoms with van der Waals surface area (Å²) in [5.74, 6) is 0.618. The molecule has 0 bridgehead atoms. The van der Waals surface area contributed by atoms with Crippen molar-refractivity contribution in [3.8, 4) is 5.75 Å². The Bertz CT molecular complexity index is 814. The second-order valence-electron chi connectivity index (χ2n) is 4.64. The first-order valence-electron chi connectivity index (χ1n) is 6.33. The van der Waals surface area contributed by atoms with Crippen LogP contribution in [0.4, 0.5) is 10.5 Å². The minimum Gasteiger partial charge on any atom is -0.496 e. The van der Waals surface area contributed by atoms with Crippen LogP contribution in [0.5, 0.6) is 5.75 Å². The number of amides is 1. The van der Waals surface area contributed by atoms with Gasteiger partial charge >= 0.3 is 5.24 Å². The molecule has 0 radical (unpaired) electrons. The highest BCUT2D eigenvalue weighted by molar-refractivity contribution is 8.07. The monoisotopic (exact) mass is 303 g/mol. The molecule has 0 atom stereocenters. The molecule has 5 nitrogen and oxygen atoms in total. The van der Waals surface area contributed by atoms with Crippen LogP contribution < -0.4 is 9.64 Å². The molecule has 0 aliphatic carbocycles. The van der Waals surface area contributed by atoms with E-state index in [1.165, 1.54) is 18.1 Å². The largest absolute Gasteiger partial charge is 0.496 e. The van der Waals surface area contributed by atoms with Crippen molar-refractivity contribution in [1.82, 2.24) is 0 Å². The van der Waals surface area contributed by atoms with Gasteiger partial charge in [0.2, 0.25) is 0 Å². The zero-order valence-electron chi connectivity index (χ0n) is 11.3. The molecular formula is C15H13NO4S. The van der Waals surface area contributed by atoms with Crippen LogP contribution in [0.3, 0.4) is 0 Å². The van der Waals surface area contributed by atoms with Crippen LogP contribution in [0, 0.1) is 0 Å². The van der Waals surface area contributed by atoms with Gasteiger partial charge in [0.05, 0.1) is 19.3 Å². The summed E-state index contributed by atoms with van der Waals surface area (Å²) < 4.78 is 29.5. The molecule has 108 valence electrons. The maximum atomic E-state index is 12.2. The molecule has 3 rings (SSSR count). The van der Waals surface area contributed by atoms with E-state index in [-0.39, 0.29) is 11.4 Å². The number of carbonyl (C=O) groups excluding carboxylic acids is 1. The molecule has 21 heavy (non-hydrogen) atoms. The Morgan fingerprint density at radius 3 is 2.48 bits per heavy atom. The van der Waals surface area contributed by atoms with E-state index >= 15 is 0 Å². The first-order chi connectivity index (χ1) is 10.1. The number of hydrogen-bond donors (Lipinski definition) is 0. The third-order valence-electron chi connectivity index (χ3n) is 3.42. The van der Waals surface area contributed by atoms with Gasteiger partial charge in [-0.25, -0.2) is 8.42 Å². The van der Waals surface area contributed by atoms with E-state index in [4.69, 9.17) is 4.74 Å². The topological polar surface area (TPSA) is 63.7 Å². The van der Waals surface area contributed by atoms with Gasteiger partial charge in [0, 0.05) is 5.56 Å². The molecule has 6 heteroatoms. The third-order valence-corrected chi connectivity index (χ3v) is 5.02. The summed E-state index contributed by atoms with van der Waals surface area (Å²) in [6, 6.07) is 13.6. The van der Waals surface area contributed by atoms with Crippen molar-refractivity contribution in [2.24, 2.45) is 0 Å². The molecule has 1 aliphatic heterocycles. The summed E-state index contributed by atoms with van der Waals surface area (Å²) in [4.78, 5) is 13.5. The maximum Gasteiger partial charge on any atom is 0.348 e. The number of ether oxygens (including phenoxy) is 1. The summed E-state index contributed by atoms with van der Waals surface area (Å²) in [6.45, 7) is 0.152. The number of carbonyl (C=O) groups is 1. The molecule has 1 amide bonds. The average Bonchev–Trinajstić information content (AvgIpc) is 2.69. The summed E-state index contributed by atoms with van der Waals surface area (Å²) in [5.41, 5.74) is 1.16. The molecule has 0 N–H and O–H groups in total. The van der Waals surface area contributed by atoms with Gasteiger partial charge in [0.1, 0.15) is 10.6 Å². The lowest BCUT2D eigenvalue weighted by atomic mass is 10.2. The number of hydrogen-bond acceptors (Lipinski definition) is 4. The normalized spacial score (nSPS) is 15.9. The lowest BCUT2D eigenvalue weighted by Gasteiger charge is -2.17. The number of sulfone groups is 1. The van der Waals surface area contributed by atoms with Crippen LogP contribution in [0.1, 0.15) is 5.56 Å². The fraction of sp³-hybridized carbons (Fsp3) is 0.133. The van der Waals surface area contributed by atoms with E-state index in [1.807, 2.05) is 12.1 Å². The Morgan fingerprint density at radius 1 is 1.05 bits per heavy atom. The molecule has 2 aromatic carbocycles. The van der Waals surface area contributed by atoms with Crippen LogP contribution in [-0.2, 0) is 16.4 Å². The molecule has 0 spiro atoms. The highest BCUT2D eigenvalue weighted by Gasteiger charge is 2.41. The van der Waals surface area contributed by atoms with E-state index < -0.39 is 15.1 Å². The molecule has 0 saturated carbocycles. The number of para-hydroxylation sites is 2. The van der Waals surface area contributed by atoms with Crippen LogP contribution >= 0.6 is 0 Å². The predicted molar refractivity (Wildman–Crippen MR) is 78.2 cm³/mol. The number of methoxy groups -OCH3 is 1. The number of nitrogens with zero attached hydrogens (tertiary/aromatic N) is 1. The van der Waals surface area contributed by atoms with Crippen molar-refractivity contribution in [3.05, 3.63) is 54.1 Å². The van der Waals surface area contributed by atoms with Crippen molar-refractivity contribution in [1.29, 1.82) is 0 Å². The number of rotatable bonds is 3. The second kappa shape index (κ2) is 4.89. The molecular weight excluding hydrogens is 290 g/mol. The van der Waals surface area contributed by atoms with E-state index in [9.17, 15) is 13.2 Å². The maximum absolute atomic E-state index is 12.2. The minimum atomic E-state index is -3.93. The van der Waals surface area contributed by atoms with Gasteiger partial charge in [0.25, 0.3) is 9.84 Å². The highest BCUT2D eigenvalue weighted by atomic mass is 32.2. The van der Waals surface area contributed by atoms with Gasteiger partial charge in [-0.15, -0.1) is 0 Å².